The van der Waals surface area contributed by atoms with E-state index in [2.05, 4.69) is 10.2 Å². The second-order valence-electron chi connectivity index (χ2n) is 4.40. The van der Waals surface area contributed by atoms with Crippen LogP contribution >= 0.6 is 0 Å². The predicted molar refractivity (Wildman–Crippen MR) is 71.9 cm³/mol. The van der Waals surface area contributed by atoms with Gasteiger partial charge in [0.15, 0.2) is 11.5 Å². The van der Waals surface area contributed by atoms with Crippen molar-refractivity contribution in [2.75, 3.05) is 28.3 Å². The zero-order valence-corrected chi connectivity index (χ0v) is 11.6. The quantitative estimate of drug-likeness (QED) is 0.814. The van der Waals surface area contributed by atoms with E-state index >= 15 is 0 Å². The van der Waals surface area contributed by atoms with Crippen LogP contribution in [-0.4, -0.2) is 48.2 Å². The Hall–Kier alpha value is -2.08. The van der Waals surface area contributed by atoms with Gasteiger partial charge in [-0.1, -0.05) is 0 Å². The van der Waals surface area contributed by atoms with Gasteiger partial charge in [0.25, 0.3) is 0 Å². The lowest BCUT2D eigenvalue weighted by molar-refractivity contribution is 0.354. The molecule has 2 aromatic rings. The summed E-state index contributed by atoms with van der Waals surface area (Å²) in [6.45, 7) is 0.757. The number of nitrogens with zero attached hydrogens (tertiary/aromatic N) is 4. The second kappa shape index (κ2) is 5.71. The highest BCUT2D eigenvalue weighted by atomic mass is 16.5. The molecule has 19 heavy (non-hydrogen) atoms. The standard InChI is InChI=1S/C13H18N4O2/c1-16(2)9-10-8-14-17(15-10)11-5-6-12(18-3)13(7-11)19-4/h5-8H,9H2,1-4H3. The number of methoxy groups -OCH3 is 2. The van der Waals surface area contributed by atoms with E-state index in [9.17, 15) is 0 Å². The van der Waals surface area contributed by atoms with Crippen LogP contribution in [0.1, 0.15) is 5.69 Å². The fourth-order valence-corrected chi connectivity index (χ4v) is 1.76. The van der Waals surface area contributed by atoms with E-state index in [0.29, 0.717) is 11.5 Å². The third-order valence-electron chi connectivity index (χ3n) is 2.62. The number of hydrogen-bond donors (Lipinski definition) is 0. The Labute approximate surface area is 112 Å². The Morgan fingerprint density at radius 3 is 2.53 bits per heavy atom. The fourth-order valence-electron chi connectivity index (χ4n) is 1.76. The first kappa shape index (κ1) is 13.4. The van der Waals surface area contributed by atoms with Crippen molar-refractivity contribution in [3.63, 3.8) is 0 Å². The number of rotatable bonds is 5. The van der Waals surface area contributed by atoms with Gasteiger partial charge >= 0.3 is 0 Å². The van der Waals surface area contributed by atoms with Gasteiger partial charge in [0.2, 0.25) is 0 Å². The molecule has 1 aromatic heterocycles. The van der Waals surface area contributed by atoms with E-state index in [1.54, 1.807) is 25.2 Å². The highest BCUT2D eigenvalue weighted by Gasteiger charge is 2.08. The van der Waals surface area contributed by atoms with Gasteiger partial charge < -0.3 is 14.4 Å². The topological polar surface area (TPSA) is 52.4 Å². The summed E-state index contributed by atoms with van der Waals surface area (Å²) in [7, 11) is 7.21. The van der Waals surface area contributed by atoms with Gasteiger partial charge in [0, 0.05) is 12.6 Å². The van der Waals surface area contributed by atoms with Gasteiger partial charge in [-0.3, -0.25) is 0 Å². The van der Waals surface area contributed by atoms with Crippen LogP contribution in [-0.2, 0) is 6.54 Å². The van der Waals surface area contributed by atoms with Gasteiger partial charge in [0.1, 0.15) is 0 Å². The molecular weight excluding hydrogens is 244 g/mol. The number of ether oxygens (including phenoxy) is 2. The molecule has 0 unspecified atom stereocenters. The lowest BCUT2D eigenvalue weighted by Crippen LogP contribution is -2.11. The van der Waals surface area contributed by atoms with Crippen molar-refractivity contribution < 1.29 is 9.47 Å². The van der Waals surface area contributed by atoms with E-state index in [1.165, 1.54) is 0 Å². The summed E-state index contributed by atoms with van der Waals surface area (Å²) >= 11 is 0. The van der Waals surface area contributed by atoms with Crippen molar-refractivity contribution in [2.24, 2.45) is 0 Å². The average molecular weight is 262 g/mol. The first-order valence-corrected chi connectivity index (χ1v) is 5.92. The minimum Gasteiger partial charge on any atom is -0.493 e. The van der Waals surface area contributed by atoms with E-state index in [0.717, 1.165) is 17.9 Å². The Bertz CT molecular complexity index is 551. The zero-order valence-electron chi connectivity index (χ0n) is 11.6. The van der Waals surface area contributed by atoms with Crippen molar-refractivity contribution in [3.05, 3.63) is 30.1 Å². The van der Waals surface area contributed by atoms with Crippen molar-refractivity contribution >= 4 is 0 Å². The summed E-state index contributed by atoms with van der Waals surface area (Å²) in [5.74, 6) is 1.35. The SMILES string of the molecule is COc1ccc(-n2ncc(CN(C)C)n2)cc1OC. The van der Waals surface area contributed by atoms with E-state index < -0.39 is 0 Å². The van der Waals surface area contributed by atoms with Crippen LogP contribution in [0.3, 0.4) is 0 Å². The smallest absolute Gasteiger partial charge is 0.162 e. The number of aromatic nitrogens is 3. The van der Waals surface area contributed by atoms with Crippen LogP contribution in [0.5, 0.6) is 11.5 Å². The third kappa shape index (κ3) is 3.03. The molecule has 0 radical (unpaired) electrons. The Kier molecular flexibility index (Phi) is 4.01. The second-order valence-corrected chi connectivity index (χ2v) is 4.40. The predicted octanol–water partition coefficient (Wildman–Crippen LogP) is 1.35. The molecule has 0 aliphatic rings. The molecule has 6 nitrogen and oxygen atoms in total. The molecule has 1 heterocycles. The highest BCUT2D eigenvalue weighted by Crippen LogP contribution is 2.28. The monoisotopic (exact) mass is 262 g/mol. The van der Waals surface area contributed by atoms with E-state index in [1.807, 2.05) is 37.2 Å². The molecule has 0 saturated carbocycles. The van der Waals surface area contributed by atoms with Crippen molar-refractivity contribution in [1.82, 2.24) is 19.9 Å². The molecule has 0 amide bonds. The summed E-state index contributed by atoms with van der Waals surface area (Å²) in [5, 5.41) is 8.67. The zero-order chi connectivity index (χ0) is 13.8. The summed E-state index contributed by atoms with van der Waals surface area (Å²) in [6.07, 6.45) is 1.76. The summed E-state index contributed by atoms with van der Waals surface area (Å²) < 4.78 is 10.5. The van der Waals surface area contributed by atoms with Crippen LogP contribution in [0.4, 0.5) is 0 Å². The van der Waals surface area contributed by atoms with Gasteiger partial charge in [-0.25, -0.2) is 0 Å². The fraction of sp³-hybridized carbons (Fsp3) is 0.385. The van der Waals surface area contributed by atoms with Crippen molar-refractivity contribution in [1.29, 1.82) is 0 Å². The van der Waals surface area contributed by atoms with E-state index in [-0.39, 0.29) is 0 Å². The largest absolute Gasteiger partial charge is 0.493 e. The molecule has 0 aliphatic heterocycles. The minimum atomic E-state index is 0.659. The molecule has 0 N–H and O–H groups in total. The summed E-state index contributed by atoms with van der Waals surface area (Å²) in [4.78, 5) is 3.63. The van der Waals surface area contributed by atoms with Crippen LogP contribution in [0.25, 0.3) is 5.69 Å². The number of benzene rings is 1. The van der Waals surface area contributed by atoms with Gasteiger partial charge in [-0.2, -0.15) is 15.0 Å². The molecule has 2 rings (SSSR count). The third-order valence-corrected chi connectivity index (χ3v) is 2.62. The molecular formula is C13H18N4O2. The highest BCUT2D eigenvalue weighted by molar-refractivity contribution is 5.48. The molecule has 0 bridgehead atoms. The molecule has 0 aliphatic carbocycles. The van der Waals surface area contributed by atoms with E-state index in [4.69, 9.17) is 9.47 Å². The maximum Gasteiger partial charge on any atom is 0.162 e. The van der Waals surface area contributed by atoms with Crippen molar-refractivity contribution in [3.8, 4) is 17.2 Å². The molecule has 102 valence electrons. The summed E-state index contributed by atoms with van der Waals surface area (Å²) in [5.41, 5.74) is 1.75. The normalized spacial score (nSPS) is 10.8. The van der Waals surface area contributed by atoms with Crippen LogP contribution < -0.4 is 9.47 Å². The maximum atomic E-state index is 5.27. The Morgan fingerprint density at radius 2 is 1.89 bits per heavy atom. The van der Waals surface area contributed by atoms with Gasteiger partial charge in [0.05, 0.1) is 31.8 Å². The maximum absolute atomic E-state index is 5.27. The minimum absolute atomic E-state index is 0.659. The number of hydrogen-bond acceptors (Lipinski definition) is 5. The van der Waals surface area contributed by atoms with Crippen molar-refractivity contribution in [2.45, 2.75) is 6.54 Å². The summed E-state index contributed by atoms with van der Waals surface area (Å²) in [6, 6.07) is 5.57. The first-order chi connectivity index (χ1) is 9.13. The van der Waals surface area contributed by atoms with Gasteiger partial charge in [-0.15, -0.1) is 0 Å². The Morgan fingerprint density at radius 1 is 1.16 bits per heavy atom. The Balaban J connectivity index is 2.28. The van der Waals surface area contributed by atoms with Crippen LogP contribution in [0.15, 0.2) is 24.4 Å². The molecule has 1 aromatic carbocycles. The molecule has 0 saturated heterocycles. The van der Waals surface area contributed by atoms with Gasteiger partial charge in [-0.05, 0) is 26.2 Å². The molecule has 6 heteroatoms. The lowest BCUT2D eigenvalue weighted by Gasteiger charge is -2.09. The average Bonchev–Trinajstić information content (AvgIpc) is 2.85. The van der Waals surface area contributed by atoms with Crippen LogP contribution in [0.2, 0.25) is 0 Å². The molecule has 0 spiro atoms. The van der Waals surface area contributed by atoms with Crippen LogP contribution in [0, 0.1) is 0 Å². The molecule has 0 atom stereocenters. The molecule has 0 fully saturated rings. The lowest BCUT2D eigenvalue weighted by atomic mass is 10.3. The first-order valence-electron chi connectivity index (χ1n) is 5.92.